The average molecular weight is 177 g/mol. The smallest absolute Gasteiger partial charge is 0.0107 e. The fourth-order valence-electron chi connectivity index (χ4n) is 0.144. The molecule has 7 heavy (non-hydrogen) atoms. The molecule has 0 aromatic rings. The van der Waals surface area contributed by atoms with E-state index in [1.54, 1.807) is 0 Å². The van der Waals surface area contributed by atoms with E-state index in [1.165, 1.54) is 0 Å². The van der Waals surface area contributed by atoms with Crippen molar-refractivity contribution < 1.29 is 37.4 Å². The second kappa shape index (κ2) is 15.7. The van der Waals surface area contributed by atoms with Crippen molar-refractivity contribution in [3.63, 3.8) is 0 Å². The third-order valence-corrected chi connectivity index (χ3v) is 0.348. The van der Waals surface area contributed by atoms with E-state index < -0.39 is 0 Å². The fourth-order valence-corrected chi connectivity index (χ4v) is 0.144. The van der Waals surface area contributed by atoms with Crippen molar-refractivity contribution >= 4 is 0 Å². The molecule has 0 saturated heterocycles. The van der Waals surface area contributed by atoms with Crippen LogP contribution in [0.1, 0.15) is 13.3 Å². The maximum absolute atomic E-state index is 4.44. The molecule has 0 fully saturated rings. The Morgan fingerprint density at radius 1 is 1.57 bits per heavy atom. The molecule has 0 N–H and O–H groups in total. The van der Waals surface area contributed by atoms with Gasteiger partial charge < -0.3 is 12.2 Å². The van der Waals surface area contributed by atoms with Gasteiger partial charge in [-0.1, -0.05) is 6.92 Å². The number of rotatable bonds is 2. The molecule has 0 bridgehead atoms. The Hall–Kier alpha value is 1.06. The van der Waals surface area contributed by atoms with Gasteiger partial charge in [0.2, 0.25) is 0 Å². The Morgan fingerprint density at radius 2 is 2.00 bits per heavy atom. The molecule has 1 radical (unpaired) electrons. The summed E-state index contributed by atoms with van der Waals surface area (Å²) in [5, 5.41) is 0. The largest absolute Gasteiger partial charge is 0.555 e. The Morgan fingerprint density at radius 3 is 2.00 bits per heavy atom. The SMILES string of the molecule is [CH2-]OCCC.[CH3-].[Y]. The predicted molar refractivity (Wildman–Crippen MR) is 28.0 cm³/mol. The number of ether oxygens (including phenoxy) is 1. The van der Waals surface area contributed by atoms with E-state index in [4.69, 9.17) is 0 Å². The third kappa shape index (κ3) is 19.3. The standard InChI is InChI=1S/C4H9O.CH3.Y/c1-3-4-5-2;;/h2-4H2,1H3;1H3;/q2*-1;. The molecule has 0 unspecified atom stereocenters. The van der Waals surface area contributed by atoms with Gasteiger partial charge >= 0.3 is 0 Å². The van der Waals surface area contributed by atoms with E-state index in [0.29, 0.717) is 0 Å². The summed E-state index contributed by atoms with van der Waals surface area (Å²) in [5.41, 5.74) is 0. The molecule has 0 aliphatic rings. The first kappa shape index (κ1) is 15.7. The van der Waals surface area contributed by atoms with Crippen LogP contribution in [0.15, 0.2) is 0 Å². The van der Waals surface area contributed by atoms with E-state index in [9.17, 15) is 0 Å². The molecule has 2 heteroatoms. The number of hydrogen-bond acceptors (Lipinski definition) is 1. The van der Waals surface area contributed by atoms with E-state index in [0.717, 1.165) is 13.0 Å². The van der Waals surface area contributed by atoms with Crippen LogP contribution in [-0.4, -0.2) is 6.61 Å². The van der Waals surface area contributed by atoms with Crippen molar-refractivity contribution in [2.75, 3.05) is 6.61 Å². The summed E-state index contributed by atoms with van der Waals surface area (Å²) < 4.78 is 4.44. The second-order valence-electron chi connectivity index (χ2n) is 0.908. The first-order valence-electron chi connectivity index (χ1n) is 1.78. The zero-order valence-corrected chi connectivity index (χ0v) is 7.95. The van der Waals surface area contributed by atoms with E-state index in [-0.39, 0.29) is 40.1 Å². The van der Waals surface area contributed by atoms with Gasteiger partial charge in [-0.3, -0.25) is 0 Å². The molecule has 0 aliphatic carbocycles. The van der Waals surface area contributed by atoms with Crippen LogP contribution in [0.3, 0.4) is 0 Å². The average Bonchev–Trinajstić information content (AvgIpc) is 1.41. The van der Waals surface area contributed by atoms with Crippen molar-refractivity contribution in [1.29, 1.82) is 0 Å². The summed E-state index contributed by atoms with van der Waals surface area (Å²) in [6, 6.07) is 0. The summed E-state index contributed by atoms with van der Waals surface area (Å²) in [6.45, 7) is 2.82. The topological polar surface area (TPSA) is 9.23 Å². The molecule has 0 rings (SSSR count). The molecular weight excluding hydrogens is 165 g/mol. The molecule has 0 saturated carbocycles. The van der Waals surface area contributed by atoms with E-state index >= 15 is 0 Å². The summed E-state index contributed by atoms with van der Waals surface area (Å²) in [4.78, 5) is 0. The number of hydrogen-bond donors (Lipinski definition) is 0. The van der Waals surface area contributed by atoms with Crippen molar-refractivity contribution in [3.05, 3.63) is 14.5 Å². The molecule has 0 aromatic heterocycles. The summed E-state index contributed by atoms with van der Waals surface area (Å²) in [5.74, 6) is 0. The van der Waals surface area contributed by atoms with Crippen LogP contribution in [0.4, 0.5) is 0 Å². The van der Waals surface area contributed by atoms with Gasteiger partial charge in [-0.05, 0) is 6.42 Å². The predicted octanol–water partition coefficient (Wildman–Crippen LogP) is 1.65. The quantitative estimate of drug-likeness (QED) is 0.582. The van der Waals surface area contributed by atoms with Crippen molar-refractivity contribution in [2.24, 2.45) is 0 Å². The molecule has 0 amide bonds. The Kier molecular flexibility index (Phi) is 35.3. The zero-order chi connectivity index (χ0) is 4.12. The van der Waals surface area contributed by atoms with Crippen LogP contribution in [0, 0.1) is 14.5 Å². The van der Waals surface area contributed by atoms with Gasteiger partial charge in [0.05, 0.1) is 0 Å². The van der Waals surface area contributed by atoms with Crippen LogP contribution in [0.25, 0.3) is 0 Å². The fraction of sp³-hybridized carbons (Fsp3) is 0.600. The van der Waals surface area contributed by atoms with E-state index in [2.05, 4.69) is 11.8 Å². The first-order valence-corrected chi connectivity index (χ1v) is 1.78. The van der Waals surface area contributed by atoms with Gasteiger partial charge in [0.15, 0.2) is 0 Å². The first-order chi connectivity index (χ1) is 2.41. The third-order valence-electron chi connectivity index (χ3n) is 0.348. The summed E-state index contributed by atoms with van der Waals surface area (Å²) in [6.07, 6.45) is 1.06. The molecule has 0 heterocycles. The molecule has 0 aliphatic heterocycles. The Bertz CT molecular complexity index is 15.6. The van der Waals surface area contributed by atoms with E-state index in [1.807, 2.05) is 6.92 Å². The molecule has 43 valence electrons. The van der Waals surface area contributed by atoms with Crippen molar-refractivity contribution in [3.8, 4) is 0 Å². The maximum Gasteiger partial charge on any atom is 0.0107 e. The maximum atomic E-state index is 4.44. The molecule has 0 spiro atoms. The molecule has 1 nitrogen and oxygen atoms in total. The van der Waals surface area contributed by atoms with Gasteiger partial charge in [0.25, 0.3) is 0 Å². The van der Waals surface area contributed by atoms with Crippen molar-refractivity contribution in [1.82, 2.24) is 0 Å². The van der Waals surface area contributed by atoms with Gasteiger partial charge in [0.1, 0.15) is 0 Å². The van der Waals surface area contributed by atoms with Crippen LogP contribution >= 0.6 is 0 Å². The van der Waals surface area contributed by atoms with Crippen molar-refractivity contribution in [2.45, 2.75) is 13.3 Å². The van der Waals surface area contributed by atoms with Gasteiger partial charge in [-0.15, -0.1) is 0 Å². The minimum atomic E-state index is 0. The van der Waals surface area contributed by atoms with Gasteiger partial charge in [-0.25, -0.2) is 7.11 Å². The summed E-state index contributed by atoms with van der Waals surface area (Å²) >= 11 is 0. The molecular formula is C5H12OY-2. The second-order valence-corrected chi connectivity index (χ2v) is 0.908. The van der Waals surface area contributed by atoms with Crippen LogP contribution in [0.5, 0.6) is 0 Å². The van der Waals surface area contributed by atoms with Gasteiger partial charge in [-0.2, -0.15) is 0 Å². The summed E-state index contributed by atoms with van der Waals surface area (Å²) in [7, 11) is 3.18. The Labute approximate surface area is 71.7 Å². The van der Waals surface area contributed by atoms with Crippen LogP contribution in [-0.2, 0) is 37.4 Å². The van der Waals surface area contributed by atoms with Crippen LogP contribution < -0.4 is 0 Å². The monoisotopic (exact) mass is 177 g/mol. The molecule has 0 aromatic carbocycles. The Balaban J connectivity index is -0.0000000800. The zero-order valence-electron chi connectivity index (χ0n) is 5.11. The minimum Gasteiger partial charge on any atom is -0.555 e. The normalized spacial score (nSPS) is 6.00. The van der Waals surface area contributed by atoms with Gasteiger partial charge in [0, 0.05) is 39.3 Å². The molecule has 0 atom stereocenters. The minimum absolute atomic E-state index is 0. The van der Waals surface area contributed by atoms with Crippen LogP contribution in [0.2, 0.25) is 0 Å².